The number of H-pyrrole nitrogens is 1. The largest absolute Gasteiger partial charge is 0.496 e. The van der Waals surface area contributed by atoms with Gasteiger partial charge in [0.25, 0.3) is 0 Å². The number of ether oxygens (including phenoxy) is 1. The van der Waals surface area contributed by atoms with Crippen molar-refractivity contribution in [1.82, 2.24) is 9.88 Å². The van der Waals surface area contributed by atoms with E-state index in [9.17, 15) is 0 Å². The van der Waals surface area contributed by atoms with E-state index in [1.54, 1.807) is 7.11 Å². The highest BCUT2D eigenvalue weighted by molar-refractivity contribution is 5.90. The molecule has 1 aliphatic carbocycles. The van der Waals surface area contributed by atoms with Crippen molar-refractivity contribution < 1.29 is 4.74 Å². The molecule has 2 aromatic rings. The van der Waals surface area contributed by atoms with Gasteiger partial charge in [-0.3, -0.25) is 0 Å². The van der Waals surface area contributed by atoms with E-state index in [1.165, 1.54) is 47.8 Å². The minimum Gasteiger partial charge on any atom is -0.496 e. The smallest absolute Gasteiger partial charge is 0.123 e. The maximum atomic E-state index is 5.65. The van der Waals surface area contributed by atoms with Crippen molar-refractivity contribution in [3.05, 3.63) is 29.5 Å². The molecular formula is C16H20N2O. The Morgan fingerprint density at radius 1 is 1.37 bits per heavy atom. The lowest BCUT2D eigenvalue weighted by atomic mass is 9.75. The number of piperidine rings is 1. The zero-order valence-corrected chi connectivity index (χ0v) is 11.6. The van der Waals surface area contributed by atoms with Crippen molar-refractivity contribution in [1.29, 1.82) is 0 Å². The third kappa shape index (κ3) is 1.48. The SMILES string of the molecule is COc1ccc2[nH]cc3c2c1C1CCCN(C)C1C3. The Labute approximate surface area is 113 Å². The first-order chi connectivity index (χ1) is 9.29. The van der Waals surface area contributed by atoms with Gasteiger partial charge in [0.1, 0.15) is 5.75 Å². The van der Waals surface area contributed by atoms with Gasteiger partial charge in [0.05, 0.1) is 7.11 Å². The number of aromatic nitrogens is 1. The standard InChI is InChI=1S/C16H20N2O/c1-18-7-3-4-11-13(18)8-10-9-17-12-5-6-14(19-2)16(11)15(10)12/h5-6,9,11,13,17H,3-4,7-8H2,1-2H3. The Morgan fingerprint density at radius 3 is 3.11 bits per heavy atom. The number of benzene rings is 1. The Kier molecular flexibility index (Phi) is 2.39. The van der Waals surface area contributed by atoms with Gasteiger partial charge in [0.2, 0.25) is 0 Å². The predicted octanol–water partition coefficient (Wildman–Crippen LogP) is 2.91. The number of rotatable bonds is 1. The predicted molar refractivity (Wildman–Crippen MR) is 76.9 cm³/mol. The Hall–Kier alpha value is -1.48. The fourth-order valence-corrected chi connectivity index (χ4v) is 4.10. The number of nitrogens with one attached hydrogen (secondary N) is 1. The van der Waals surface area contributed by atoms with E-state index in [0.29, 0.717) is 12.0 Å². The molecule has 0 saturated carbocycles. The molecule has 19 heavy (non-hydrogen) atoms. The fraction of sp³-hybridized carbons (Fsp3) is 0.500. The number of methoxy groups -OCH3 is 1. The van der Waals surface area contributed by atoms with E-state index in [4.69, 9.17) is 4.74 Å². The van der Waals surface area contributed by atoms with Crippen LogP contribution in [0.4, 0.5) is 0 Å². The first-order valence-electron chi connectivity index (χ1n) is 7.16. The van der Waals surface area contributed by atoms with Gasteiger partial charge in [-0.25, -0.2) is 0 Å². The summed E-state index contributed by atoms with van der Waals surface area (Å²) in [4.78, 5) is 5.95. The molecule has 2 unspecified atom stereocenters. The maximum absolute atomic E-state index is 5.65. The average molecular weight is 256 g/mol. The first kappa shape index (κ1) is 11.4. The molecule has 2 heterocycles. The highest BCUT2D eigenvalue weighted by Gasteiger charge is 2.37. The average Bonchev–Trinajstić information content (AvgIpc) is 2.85. The quantitative estimate of drug-likeness (QED) is 0.849. The second kappa shape index (κ2) is 4.01. The van der Waals surface area contributed by atoms with Crippen LogP contribution in [0.2, 0.25) is 0 Å². The Bertz CT molecular complexity index is 631. The summed E-state index contributed by atoms with van der Waals surface area (Å²) >= 11 is 0. The van der Waals surface area contributed by atoms with Gasteiger partial charge in [-0.1, -0.05) is 0 Å². The summed E-state index contributed by atoms with van der Waals surface area (Å²) in [7, 11) is 4.06. The lowest BCUT2D eigenvalue weighted by Gasteiger charge is -2.42. The Balaban J connectivity index is 1.98. The lowest BCUT2D eigenvalue weighted by molar-refractivity contribution is 0.155. The van der Waals surface area contributed by atoms with E-state index < -0.39 is 0 Å². The maximum Gasteiger partial charge on any atom is 0.123 e. The molecule has 1 aromatic heterocycles. The van der Waals surface area contributed by atoms with E-state index in [2.05, 4.69) is 35.3 Å². The molecule has 0 spiro atoms. The van der Waals surface area contributed by atoms with Crippen LogP contribution in [-0.2, 0) is 6.42 Å². The van der Waals surface area contributed by atoms with Gasteiger partial charge in [-0.2, -0.15) is 0 Å². The minimum absolute atomic E-state index is 0.626. The third-order valence-electron chi connectivity index (χ3n) is 5.00. The molecule has 1 fully saturated rings. The summed E-state index contributed by atoms with van der Waals surface area (Å²) in [6, 6.07) is 4.90. The van der Waals surface area contributed by atoms with Crippen molar-refractivity contribution >= 4 is 10.9 Å². The molecule has 1 aromatic carbocycles. The molecule has 1 aliphatic heterocycles. The number of aromatic amines is 1. The van der Waals surface area contributed by atoms with E-state index >= 15 is 0 Å². The number of likely N-dealkylation sites (tertiary alicyclic amines) is 1. The number of fused-ring (bicyclic) bond motifs is 2. The van der Waals surface area contributed by atoms with E-state index in [-0.39, 0.29) is 0 Å². The van der Waals surface area contributed by atoms with Crippen LogP contribution in [0.5, 0.6) is 5.75 Å². The van der Waals surface area contributed by atoms with Gasteiger partial charge in [0.15, 0.2) is 0 Å². The molecule has 2 atom stereocenters. The number of hydrogen-bond donors (Lipinski definition) is 1. The summed E-state index contributed by atoms with van der Waals surface area (Å²) in [5, 5.41) is 1.43. The molecule has 0 bridgehead atoms. The number of nitrogens with zero attached hydrogens (tertiary/aromatic N) is 1. The molecule has 4 rings (SSSR count). The molecule has 0 amide bonds. The van der Waals surface area contributed by atoms with Crippen LogP contribution in [0.15, 0.2) is 18.3 Å². The summed E-state index contributed by atoms with van der Waals surface area (Å²) in [5.41, 5.74) is 4.16. The zero-order valence-electron chi connectivity index (χ0n) is 11.6. The van der Waals surface area contributed by atoms with Crippen LogP contribution >= 0.6 is 0 Å². The monoisotopic (exact) mass is 256 g/mol. The molecule has 3 heteroatoms. The highest BCUT2D eigenvalue weighted by atomic mass is 16.5. The summed E-state index contributed by atoms with van der Waals surface area (Å²) in [6.07, 6.45) is 5.93. The van der Waals surface area contributed by atoms with Crippen molar-refractivity contribution in [2.24, 2.45) is 0 Å². The normalized spacial score (nSPS) is 26.4. The van der Waals surface area contributed by atoms with E-state index in [1.807, 2.05) is 0 Å². The molecule has 1 saturated heterocycles. The van der Waals surface area contributed by atoms with Gasteiger partial charge >= 0.3 is 0 Å². The van der Waals surface area contributed by atoms with Crippen LogP contribution < -0.4 is 4.74 Å². The summed E-state index contributed by atoms with van der Waals surface area (Å²) in [6.45, 7) is 1.22. The first-order valence-corrected chi connectivity index (χ1v) is 7.16. The summed E-state index contributed by atoms with van der Waals surface area (Å²) < 4.78 is 5.65. The molecule has 1 N–H and O–H groups in total. The molecule has 3 nitrogen and oxygen atoms in total. The minimum atomic E-state index is 0.626. The second-order valence-electron chi connectivity index (χ2n) is 5.92. The van der Waals surface area contributed by atoms with Gasteiger partial charge < -0.3 is 14.6 Å². The van der Waals surface area contributed by atoms with Crippen LogP contribution in [0.25, 0.3) is 10.9 Å². The second-order valence-corrected chi connectivity index (χ2v) is 5.92. The van der Waals surface area contributed by atoms with Crippen molar-refractivity contribution in [3.8, 4) is 5.75 Å². The van der Waals surface area contributed by atoms with Gasteiger partial charge in [-0.15, -0.1) is 0 Å². The van der Waals surface area contributed by atoms with Crippen molar-refractivity contribution in [2.75, 3.05) is 20.7 Å². The Morgan fingerprint density at radius 2 is 2.26 bits per heavy atom. The fourth-order valence-electron chi connectivity index (χ4n) is 4.10. The van der Waals surface area contributed by atoms with Crippen molar-refractivity contribution in [3.63, 3.8) is 0 Å². The molecular weight excluding hydrogens is 236 g/mol. The lowest BCUT2D eigenvalue weighted by Crippen LogP contribution is -2.44. The third-order valence-corrected chi connectivity index (χ3v) is 5.00. The molecule has 0 radical (unpaired) electrons. The molecule has 100 valence electrons. The van der Waals surface area contributed by atoms with Crippen LogP contribution in [0.3, 0.4) is 0 Å². The summed E-state index contributed by atoms with van der Waals surface area (Å²) in [5.74, 6) is 1.69. The van der Waals surface area contributed by atoms with Crippen LogP contribution in [-0.4, -0.2) is 36.6 Å². The van der Waals surface area contributed by atoms with Crippen molar-refractivity contribution in [2.45, 2.75) is 31.2 Å². The zero-order chi connectivity index (χ0) is 13.0. The number of likely N-dealkylation sites (N-methyl/N-ethyl adjacent to an activating group) is 1. The topological polar surface area (TPSA) is 28.3 Å². The van der Waals surface area contributed by atoms with Crippen LogP contribution in [0, 0.1) is 0 Å². The molecule has 2 aliphatic rings. The van der Waals surface area contributed by atoms with Crippen LogP contribution in [0.1, 0.15) is 29.9 Å². The van der Waals surface area contributed by atoms with E-state index in [0.717, 1.165) is 5.75 Å². The number of hydrogen-bond acceptors (Lipinski definition) is 2. The highest BCUT2D eigenvalue weighted by Crippen LogP contribution is 2.46. The van der Waals surface area contributed by atoms with Gasteiger partial charge in [0, 0.05) is 34.6 Å². The van der Waals surface area contributed by atoms with Gasteiger partial charge in [-0.05, 0) is 50.6 Å².